The predicted octanol–water partition coefficient (Wildman–Crippen LogP) is 6.72. The molecule has 1 fully saturated rings. The summed E-state index contributed by atoms with van der Waals surface area (Å²) in [5, 5.41) is 0. The molecule has 0 bridgehead atoms. The molecule has 0 amide bonds. The number of halogens is 2. The van der Waals surface area contributed by atoms with Crippen LogP contribution in [-0.2, 0) is 0 Å². The lowest BCUT2D eigenvalue weighted by Gasteiger charge is -2.27. The van der Waals surface area contributed by atoms with Crippen LogP contribution in [0.3, 0.4) is 0 Å². The first kappa shape index (κ1) is 18.2. The molecule has 1 aromatic carbocycles. The van der Waals surface area contributed by atoms with Crippen LogP contribution in [0.5, 0.6) is 0 Å². The third kappa shape index (κ3) is 4.14. The van der Waals surface area contributed by atoms with E-state index in [0.29, 0.717) is 23.0 Å². The maximum Gasteiger partial charge on any atom is 0.162 e. The molecule has 2 aliphatic rings. The molecule has 0 aromatic heterocycles. The van der Waals surface area contributed by atoms with Crippen molar-refractivity contribution >= 4 is 0 Å². The van der Waals surface area contributed by atoms with Crippen LogP contribution in [0.25, 0.3) is 0 Å². The Kier molecular flexibility index (Phi) is 5.94. The van der Waals surface area contributed by atoms with Gasteiger partial charge < -0.3 is 0 Å². The summed E-state index contributed by atoms with van der Waals surface area (Å²) in [6.07, 6.45) is 10.8. The number of rotatable bonds is 2. The third-order valence-corrected chi connectivity index (χ3v) is 5.80. The van der Waals surface area contributed by atoms with Gasteiger partial charge >= 0.3 is 0 Å². The van der Waals surface area contributed by atoms with Gasteiger partial charge in [-0.05, 0) is 61.5 Å². The zero-order valence-electron chi connectivity index (χ0n) is 15.3. The fraction of sp³-hybridized carbons (Fsp3) is 0.565. The molecule has 0 nitrogen and oxygen atoms in total. The molecule has 2 unspecified atom stereocenters. The van der Waals surface area contributed by atoms with Crippen molar-refractivity contribution in [2.45, 2.75) is 70.6 Å². The summed E-state index contributed by atoms with van der Waals surface area (Å²) in [6.45, 7) is 4.22. The van der Waals surface area contributed by atoms with Gasteiger partial charge in [-0.15, -0.1) is 5.92 Å². The van der Waals surface area contributed by atoms with E-state index in [4.69, 9.17) is 0 Å². The Bertz CT molecular complexity index is 684. The van der Waals surface area contributed by atoms with Gasteiger partial charge in [-0.1, -0.05) is 44.1 Å². The van der Waals surface area contributed by atoms with Crippen LogP contribution >= 0.6 is 0 Å². The van der Waals surface area contributed by atoms with E-state index in [1.807, 2.05) is 18.2 Å². The molecule has 0 radical (unpaired) electrons. The van der Waals surface area contributed by atoms with Gasteiger partial charge in [-0.25, -0.2) is 8.78 Å². The molecular formula is C23H28F2. The van der Waals surface area contributed by atoms with Crippen LogP contribution in [-0.4, -0.2) is 0 Å². The topological polar surface area (TPSA) is 0 Å². The van der Waals surface area contributed by atoms with E-state index in [2.05, 4.69) is 31.8 Å². The fourth-order valence-electron chi connectivity index (χ4n) is 4.19. The monoisotopic (exact) mass is 342 g/mol. The first-order valence-corrected chi connectivity index (χ1v) is 9.74. The lowest BCUT2D eigenvalue weighted by atomic mass is 9.77. The summed E-state index contributed by atoms with van der Waals surface area (Å²) in [5.41, 5.74) is 1.09. The number of hydrogen-bond acceptors (Lipinski definition) is 0. The SMILES string of the molecule is CCC#CC1CCC(c2ccc(C3C=CC(C)CC3)c(F)c2F)CC1. The minimum absolute atomic E-state index is 0.0137. The third-order valence-electron chi connectivity index (χ3n) is 5.80. The highest BCUT2D eigenvalue weighted by Gasteiger charge is 2.27. The Morgan fingerprint density at radius 2 is 1.60 bits per heavy atom. The molecule has 0 heterocycles. The predicted molar refractivity (Wildman–Crippen MR) is 99.4 cm³/mol. The zero-order valence-corrected chi connectivity index (χ0v) is 15.3. The molecule has 1 saturated carbocycles. The summed E-state index contributed by atoms with van der Waals surface area (Å²) in [4.78, 5) is 0. The molecule has 0 spiro atoms. The molecule has 1 aromatic rings. The van der Waals surface area contributed by atoms with Crippen molar-refractivity contribution in [3.05, 3.63) is 47.0 Å². The van der Waals surface area contributed by atoms with Crippen molar-refractivity contribution in [2.75, 3.05) is 0 Å². The molecule has 0 N–H and O–H groups in total. The van der Waals surface area contributed by atoms with Crippen LogP contribution in [0.2, 0.25) is 0 Å². The number of benzene rings is 1. The second kappa shape index (κ2) is 8.17. The minimum atomic E-state index is -0.630. The first-order valence-electron chi connectivity index (χ1n) is 9.74. The molecular weight excluding hydrogens is 314 g/mol. The highest BCUT2D eigenvalue weighted by molar-refractivity contribution is 5.34. The highest BCUT2D eigenvalue weighted by Crippen LogP contribution is 2.39. The average Bonchev–Trinajstić information content (AvgIpc) is 2.64. The van der Waals surface area contributed by atoms with Crippen molar-refractivity contribution in [1.82, 2.24) is 0 Å². The number of hydrogen-bond donors (Lipinski definition) is 0. The Morgan fingerprint density at radius 1 is 0.920 bits per heavy atom. The van der Waals surface area contributed by atoms with Crippen molar-refractivity contribution < 1.29 is 8.78 Å². The molecule has 3 rings (SSSR count). The van der Waals surface area contributed by atoms with Gasteiger partial charge in [0, 0.05) is 18.3 Å². The van der Waals surface area contributed by atoms with Crippen LogP contribution in [0.1, 0.15) is 81.8 Å². The molecule has 2 atom stereocenters. The van der Waals surface area contributed by atoms with E-state index in [1.54, 1.807) is 0 Å². The minimum Gasteiger partial charge on any atom is -0.203 e. The second-order valence-corrected chi connectivity index (χ2v) is 7.64. The first-order chi connectivity index (χ1) is 12.1. The van der Waals surface area contributed by atoms with Crippen molar-refractivity contribution in [1.29, 1.82) is 0 Å². The van der Waals surface area contributed by atoms with Gasteiger partial charge in [0.1, 0.15) is 0 Å². The Hall–Kier alpha value is -1.62. The summed E-state index contributed by atoms with van der Waals surface area (Å²) in [5.74, 6) is 6.31. The normalized spacial score (nSPS) is 29.1. The molecule has 25 heavy (non-hydrogen) atoms. The molecule has 134 valence electrons. The summed E-state index contributed by atoms with van der Waals surface area (Å²) < 4.78 is 29.5. The van der Waals surface area contributed by atoms with E-state index in [9.17, 15) is 8.78 Å². The molecule has 0 saturated heterocycles. The van der Waals surface area contributed by atoms with E-state index < -0.39 is 11.6 Å². The van der Waals surface area contributed by atoms with Gasteiger partial charge in [0.2, 0.25) is 0 Å². The fourth-order valence-corrected chi connectivity index (χ4v) is 4.19. The summed E-state index contributed by atoms with van der Waals surface area (Å²) in [6, 6.07) is 3.66. The van der Waals surface area contributed by atoms with Crippen LogP contribution in [0.15, 0.2) is 24.3 Å². The van der Waals surface area contributed by atoms with Crippen LogP contribution < -0.4 is 0 Å². The smallest absolute Gasteiger partial charge is 0.162 e. The molecule has 2 aliphatic carbocycles. The quantitative estimate of drug-likeness (QED) is 0.413. The van der Waals surface area contributed by atoms with Crippen LogP contribution in [0.4, 0.5) is 8.78 Å². The number of allylic oxidation sites excluding steroid dienone is 2. The van der Waals surface area contributed by atoms with Crippen molar-refractivity contribution in [3.63, 3.8) is 0 Å². The van der Waals surface area contributed by atoms with Crippen molar-refractivity contribution in [2.24, 2.45) is 11.8 Å². The zero-order chi connectivity index (χ0) is 17.8. The molecule has 2 heteroatoms. The van der Waals surface area contributed by atoms with Gasteiger partial charge in [0.15, 0.2) is 11.6 Å². The van der Waals surface area contributed by atoms with Gasteiger partial charge in [0.05, 0.1) is 0 Å². The Balaban J connectivity index is 1.74. The van der Waals surface area contributed by atoms with Gasteiger partial charge in [-0.2, -0.15) is 0 Å². The summed E-state index contributed by atoms with van der Waals surface area (Å²) in [7, 11) is 0. The van der Waals surface area contributed by atoms with Gasteiger partial charge in [-0.3, -0.25) is 0 Å². The van der Waals surface area contributed by atoms with E-state index in [0.717, 1.165) is 44.9 Å². The lowest BCUT2D eigenvalue weighted by molar-refractivity contribution is 0.370. The largest absolute Gasteiger partial charge is 0.203 e. The highest BCUT2D eigenvalue weighted by atomic mass is 19.2. The van der Waals surface area contributed by atoms with Crippen molar-refractivity contribution in [3.8, 4) is 11.8 Å². The van der Waals surface area contributed by atoms with Crippen LogP contribution in [0, 0.1) is 35.3 Å². The average molecular weight is 342 g/mol. The summed E-state index contributed by atoms with van der Waals surface area (Å²) >= 11 is 0. The maximum atomic E-state index is 14.8. The second-order valence-electron chi connectivity index (χ2n) is 7.64. The van der Waals surface area contributed by atoms with E-state index in [-0.39, 0.29) is 11.8 Å². The molecule has 0 aliphatic heterocycles. The Morgan fingerprint density at radius 3 is 2.24 bits per heavy atom. The van der Waals surface area contributed by atoms with E-state index in [1.165, 1.54) is 0 Å². The van der Waals surface area contributed by atoms with Gasteiger partial charge in [0.25, 0.3) is 0 Å². The standard InChI is InChI=1S/C23H28F2/c1-3-4-5-17-8-12-19(13-9-17)21-15-14-20(22(24)23(21)25)18-10-6-16(2)7-11-18/h6,10,14-19H,3,7-9,11-13H2,1-2H3. The Labute approximate surface area is 150 Å². The van der Waals surface area contributed by atoms with E-state index >= 15 is 0 Å². The lowest BCUT2D eigenvalue weighted by Crippen LogP contribution is -2.15. The maximum absolute atomic E-state index is 14.8.